The first-order chi connectivity index (χ1) is 31.3. The lowest BCUT2D eigenvalue weighted by Gasteiger charge is -2.31. The van der Waals surface area contributed by atoms with Crippen molar-refractivity contribution < 1.29 is 14.3 Å². The molecule has 3 atom stereocenters. The Balaban J connectivity index is 0.838. The van der Waals surface area contributed by atoms with Gasteiger partial charge in [0.15, 0.2) is 11.3 Å². The number of fused-ring (bicyclic) bond motifs is 2. The number of para-hydroxylation sites is 2. The highest BCUT2D eigenvalue weighted by Gasteiger charge is 2.36. The van der Waals surface area contributed by atoms with Crippen LogP contribution in [-0.4, -0.2) is 108 Å². The number of hydrogen-bond donors (Lipinski definition) is 2. The third-order valence-electron chi connectivity index (χ3n) is 12.3. The highest BCUT2D eigenvalue weighted by Crippen LogP contribution is 2.38. The van der Waals surface area contributed by atoms with E-state index < -0.39 is 0 Å². The van der Waals surface area contributed by atoms with Crippen LogP contribution in [0.3, 0.4) is 0 Å². The number of amides is 1. The molecule has 324 valence electrons. The van der Waals surface area contributed by atoms with Crippen LogP contribution in [0.15, 0.2) is 128 Å². The predicted octanol–water partition coefficient (Wildman–Crippen LogP) is 7.69. The normalized spacial score (nSPS) is 17.1. The fraction of sp³-hybridized carbons (Fsp3) is 0.265. The molecule has 10 rings (SSSR count). The third kappa shape index (κ3) is 8.18. The Bertz CT molecular complexity index is 2900. The molecule has 2 aliphatic rings. The molecule has 2 aliphatic heterocycles. The maximum atomic E-state index is 14.3. The standard InChI is InChI=1S/C49H50N12O3/c1-57(2)28-36(58-25-22-34(29-58)60-48-43(41(50)21-24-52-48)45(55-60)32-13-17-39(18-14-32)63-37-9-5-3-6-10-37)27-42(62)59-26-23-35(30-59)61-49-44(47(51)53-31-54-49)46(56-61)33-15-19-40(20-16-33)64-38-11-7-4-8-12-38/h3-21,24,31,34-36H,22-23,25-30H2,1-2H3,(H2,50,52)(H2,51,53,54)/t34?,35-,36?/m1/s1. The van der Waals surface area contributed by atoms with E-state index in [-0.39, 0.29) is 24.0 Å². The summed E-state index contributed by atoms with van der Waals surface area (Å²) in [6, 6.07) is 36.9. The predicted molar refractivity (Wildman–Crippen MR) is 248 cm³/mol. The van der Waals surface area contributed by atoms with Gasteiger partial charge in [-0.2, -0.15) is 10.2 Å². The molecule has 8 aromatic rings. The van der Waals surface area contributed by atoms with Gasteiger partial charge in [0.1, 0.15) is 46.5 Å². The summed E-state index contributed by atoms with van der Waals surface area (Å²) in [4.78, 5) is 34.6. The second-order valence-electron chi connectivity index (χ2n) is 16.9. The van der Waals surface area contributed by atoms with Gasteiger partial charge in [0, 0.05) is 68.2 Å². The smallest absolute Gasteiger partial charge is 0.224 e. The number of benzene rings is 4. The molecule has 0 saturated carbocycles. The van der Waals surface area contributed by atoms with Crippen LogP contribution >= 0.6 is 0 Å². The molecule has 64 heavy (non-hydrogen) atoms. The van der Waals surface area contributed by atoms with Gasteiger partial charge in [-0.25, -0.2) is 24.3 Å². The number of nitrogens with two attached hydrogens (primary N) is 2. The van der Waals surface area contributed by atoms with Gasteiger partial charge in [0.2, 0.25) is 5.91 Å². The second kappa shape index (κ2) is 17.4. The van der Waals surface area contributed by atoms with Crippen molar-refractivity contribution in [3.63, 3.8) is 0 Å². The summed E-state index contributed by atoms with van der Waals surface area (Å²) in [6.45, 7) is 3.44. The lowest BCUT2D eigenvalue weighted by molar-refractivity contribution is -0.131. The molecule has 0 radical (unpaired) electrons. The molecule has 4 N–H and O–H groups in total. The van der Waals surface area contributed by atoms with Gasteiger partial charge in [0.25, 0.3) is 0 Å². The van der Waals surface area contributed by atoms with Crippen LogP contribution in [0.2, 0.25) is 0 Å². The fourth-order valence-corrected chi connectivity index (χ4v) is 9.13. The van der Waals surface area contributed by atoms with E-state index in [1.807, 2.05) is 130 Å². The summed E-state index contributed by atoms with van der Waals surface area (Å²) in [5.74, 6) is 3.46. The van der Waals surface area contributed by atoms with Crippen molar-refractivity contribution in [2.45, 2.75) is 37.4 Å². The maximum absolute atomic E-state index is 14.3. The quantitative estimate of drug-likeness (QED) is 0.116. The van der Waals surface area contributed by atoms with Crippen LogP contribution in [0.25, 0.3) is 44.6 Å². The number of anilines is 2. The number of carbonyl (C=O) groups is 1. The lowest BCUT2D eigenvalue weighted by Crippen LogP contribution is -2.44. The molecular formula is C49H50N12O3. The number of hydrogen-bond acceptors (Lipinski definition) is 12. The summed E-state index contributed by atoms with van der Waals surface area (Å²) in [7, 11) is 4.12. The van der Waals surface area contributed by atoms with E-state index in [1.165, 1.54) is 6.33 Å². The molecule has 6 heterocycles. The SMILES string of the molecule is CN(C)CC(CC(=O)N1CC[C@@H](n2nc(-c3ccc(Oc4ccccc4)cc3)c3c(N)ncnc32)C1)N1CCC(n2nc(-c3ccc(Oc4ccccc4)cc3)c3c(N)ccnc32)C1. The van der Waals surface area contributed by atoms with E-state index in [0.717, 1.165) is 77.6 Å². The first kappa shape index (κ1) is 40.7. The fourth-order valence-electron chi connectivity index (χ4n) is 9.13. The first-order valence-corrected chi connectivity index (χ1v) is 21.7. The van der Waals surface area contributed by atoms with E-state index in [0.29, 0.717) is 53.5 Å². The average Bonchev–Trinajstić information content (AvgIpc) is 4.14. The molecule has 15 heteroatoms. The molecule has 2 fully saturated rings. The number of aromatic nitrogens is 7. The lowest BCUT2D eigenvalue weighted by atomic mass is 10.1. The van der Waals surface area contributed by atoms with Gasteiger partial charge in [0.05, 0.1) is 22.9 Å². The first-order valence-electron chi connectivity index (χ1n) is 21.7. The monoisotopic (exact) mass is 854 g/mol. The summed E-state index contributed by atoms with van der Waals surface area (Å²) in [5.41, 5.74) is 18.4. The number of pyridine rings is 1. The zero-order valence-electron chi connectivity index (χ0n) is 35.9. The molecular weight excluding hydrogens is 805 g/mol. The van der Waals surface area contributed by atoms with Gasteiger partial charge in [-0.05, 0) is 106 Å². The number of rotatable bonds is 13. The molecule has 0 bridgehead atoms. The van der Waals surface area contributed by atoms with Crippen LogP contribution in [0.5, 0.6) is 23.0 Å². The van der Waals surface area contributed by atoms with Crippen molar-refractivity contribution in [2.24, 2.45) is 0 Å². The zero-order chi connectivity index (χ0) is 43.7. The van der Waals surface area contributed by atoms with Crippen molar-refractivity contribution in [2.75, 3.05) is 58.3 Å². The van der Waals surface area contributed by atoms with E-state index in [1.54, 1.807) is 6.20 Å². The van der Waals surface area contributed by atoms with Gasteiger partial charge in [-0.3, -0.25) is 9.69 Å². The maximum Gasteiger partial charge on any atom is 0.224 e. The Morgan fingerprint density at radius 3 is 1.83 bits per heavy atom. The third-order valence-corrected chi connectivity index (χ3v) is 12.3. The van der Waals surface area contributed by atoms with Crippen molar-refractivity contribution >= 4 is 39.5 Å². The minimum Gasteiger partial charge on any atom is -0.457 e. The Kier molecular flexibility index (Phi) is 11.1. The Morgan fingerprint density at radius 1 is 0.672 bits per heavy atom. The van der Waals surface area contributed by atoms with Crippen LogP contribution in [0.1, 0.15) is 31.3 Å². The van der Waals surface area contributed by atoms with Crippen LogP contribution < -0.4 is 20.9 Å². The average molecular weight is 855 g/mol. The van der Waals surface area contributed by atoms with Crippen molar-refractivity contribution in [3.05, 3.63) is 128 Å². The topological polar surface area (TPSA) is 172 Å². The van der Waals surface area contributed by atoms with Crippen molar-refractivity contribution in [1.82, 2.24) is 49.2 Å². The van der Waals surface area contributed by atoms with E-state index in [2.05, 4.69) is 33.9 Å². The van der Waals surface area contributed by atoms with E-state index >= 15 is 0 Å². The van der Waals surface area contributed by atoms with Crippen LogP contribution in [0, 0.1) is 0 Å². The molecule has 15 nitrogen and oxygen atoms in total. The minimum absolute atomic E-state index is 0.00144. The number of nitrogen functional groups attached to an aromatic ring is 2. The van der Waals surface area contributed by atoms with E-state index in [4.69, 9.17) is 36.1 Å². The second-order valence-corrected chi connectivity index (χ2v) is 16.9. The Labute approximate surface area is 370 Å². The molecule has 2 saturated heterocycles. The summed E-state index contributed by atoms with van der Waals surface area (Å²) in [6.07, 6.45) is 5.22. The van der Waals surface area contributed by atoms with E-state index in [9.17, 15) is 4.79 Å². The summed E-state index contributed by atoms with van der Waals surface area (Å²) >= 11 is 0. The Hall–Kier alpha value is -7.36. The highest BCUT2D eigenvalue weighted by molar-refractivity contribution is 6.00. The zero-order valence-corrected chi connectivity index (χ0v) is 35.9. The van der Waals surface area contributed by atoms with Crippen LogP contribution in [0.4, 0.5) is 11.5 Å². The van der Waals surface area contributed by atoms with Gasteiger partial charge >= 0.3 is 0 Å². The molecule has 0 spiro atoms. The number of ether oxygens (including phenoxy) is 2. The number of nitrogens with zero attached hydrogens (tertiary/aromatic N) is 10. The molecule has 2 unspecified atom stereocenters. The van der Waals surface area contributed by atoms with Crippen molar-refractivity contribution in [1.29, 1.82) is 0 Å². The number of likely N-dealkylation sites (tertiary alicyclic amines) is 2. The molecule has 1 amide bonds. The number of carbonyl (C=O) groups excluding carboxylic acids is 1. The van der Waals surface area contributed by atoms with Gasteiger partial charge < -0.3 is 30.7 Å². The van der Waals surface area contributed by atoms with Gasteiger partial charge in [-0.1, -0.05) is 36.4 Å². The summed E-state index contributed by atoms with van der Waals surface area (Å²) < 4.78 is 16.1. The van der Waals surface area contributed by atoms with Crippen molar-refractivity contribution in [3.8, 4) is 45.5 Å². The van der Waals surface area contributed by atoms with Gasteiger partial charge in [-0.15, -0.1) is 0 Å². The summed E-state index contributed by atoms with van der Waals surface area (Å²) in [5, 5.41) is 11.8. The molecule has 4 aromatic heterocycles. The minimum atomic E-state index is -0.0755. The Morgan fingerprint density at radius 2 is 1.22 bits per heavy atom. The molecule has 4 aromatic carbocycles. The highest BCUT2D eigenvalue weighted by atomic mass is 16.5. The molecule has 0 aliphatic carbocycles. The number of likely N-dealkylation sites (N-methyl/N-ethyl adjacent to an activating group) is 1. The largest absolute Gasteiger partial charge is 0.457 e. The van der Waals surface area contributed by atoms with Crippen LogP contribution in [-0.2, 0) is 4.79 Å².